The van der Waals surface area contributed by atoms with Crippen molar-refractivity contribution in [3.05, 3.63) is 0 Å². The van der Waals surface area contributed by atoms with Gasteiger partial charge in [0.15, 0.2) is 0 Å². The third kappa shape index (κ3) is 1.22. The van der Waals surface area contributed by atoms with Gasteiger partial charge in [-0.05, 0) is 12.8 Å². The Kier molecular flexibility index (Phi) is 2.36. The van der Waals surface area contributed by atoms with E-state index in [0.29, 0.717) is 13.0 Å². The molecule has 0 aromatic heterocycles. The fourth-order valence-corrected chi connectivity index (χ4v) is 2.14. The normalized spacial score (nSPS) is 50.5. The second kappa shape index (κ2) is 3.24. The minimum atomic E-state index is -0.810. The highest BCUT2D eigenvalue weighted by molar-refractivity contribution is 6.12. The summed E-state index contributed by atoms with van der Waals surface area (Å²) >= 11 is 0. The van der Waals surface area contributed by atoms with Gasteiger partial charge in [0.05, 0.1) is 6.61 Å². The van der Waals surface area contributed by atoms with Crippen LogP contribution in [0.3, 0.4) is 0 Å². The summed E-state index contributed by atoms with van der Waals surface area (Å²) in [5.74, 6) is 0. The average molecular weight is 184 g/mol. The summed E-state index contributed by atoms with van der Waals surface area (Å²) in [5.41, 5.74) is -0.770. The molecule has 0 aromatic carbocycles. The Bertz CT molecular complexity index is 193. The van der Waals surface area contributed by atoms with Crippen LogP contribution in [-0.4, -0.2) is 55.1 Å². The average Bonchev–Trinajstić information content (AvgIpc) is 2.69. The van der Waals surface area contributed by atoms with Crippen molar-refractivity contribution in [3.63, 3.8) is 0 Å². The van der Waals surface area contributed by atoms with Crippen LogP contribution in [0.5, 0.6) is 0 Å². The summed E-state index contributed by atoms with van der Waals surface area (Å²) in [5, 5.41) is 18.7. The lowest BCUT2D eigenvalue weighted by molar-refractivity contribution is -0.0761. The van der Waals surface area contributed by atoms with Crippen LogP contribution in [0.1, 0.15) is 12.8 Å². The van der Waals surface area contributed by atoms with Gasteiger partial charge in [0.25, 0.3) is 0 Å². The fraction of sp³-hybridized carbons (Fsp3) is 1.00. The summed E-state index contributed by atoms with van der Waals surface area (Å²) in [6.07, 6.45) is 0.168. The predicted molar refractivity (Wildman–Crippen MR) is 45.4 cm³/mol. The van der Waals surface area contributed by atoms with Crippen molar-refractivity contribution in [2.24, 2.45) is 0 Å². The second-order valence-corrected chi connectivity index (χ2v) is 3.63. The molecule has 0 bridgehead atoms. The summed E-state index contributed by atoms with van der Waals surface area (Å²) in [6.45, 7) is 0.381. The zero-order valence-electron chi connectivity index (χ0n) is 7.35. The van der Waals surface area contributed by atoms with Crippen LogP contribution in [0.4, 0.5) is 0 Å². The molecule has 4 atom stereocenters. The summed E-state index contributed by atoms with van der Waals surface area (Å²) in [6, 6.07) is -0.623. The van der Waals surface area contributed by atoms with E-state index in [0.717, 1.165) is 6.42 Å². The topological polar surface area (TPSA) is 58.9 Å². The number of aliphatic hydroxyl groups is 2. The molecule has 0 saturated carbocycles. The lowest BCUT2D eigenvalue weighted by Crippen LogP contribution is -2.48. The Morgan fingerprint density at radius 1 is 1.54 bits per heavy atom. The molecular formula is C8H13BO4. The molecular weight excluding hydrogens is 171 g/mol. The number of ether oxygens (including phenoxy) is 2. The SMILES string of the molecule is [B]C1OC(CO)[C@@H](O)[C@@]12CCCO2. The number of hydrogen-bond acceptors (Lipinski definition) is 4. The van der Waals surface area contributed by atoms with Crippen molar-refractivity contribution in [2.75, 3.05) is 13.2 Å². The number of aliphatic hydroxyl groups excluding tert-OH is 2. The lowest BCUT2D eigenvalue weighted by atomic mass is 9.78. The Balaban J connectivity index is 2.18. The highest BCUT2D eigenvalue weighted by Crippen LogP contribution is 2.40. The summed E-state index contributed by atoms with van der Waals surface area (Å²) < 4.78 is 10.7. The van der Waals surface area contributed by atoms with Gasteiger partial charge in [-0.25, -0.2) is 0 Å². The smallest absolute Gasteiger partial charge is 0.114 e. The van der Waals surface area contributed by atoms with Gasteiger partial charge in [-0.15, -0.1) is 0 Å². The van der Waals surface area contributed by atoms with Crippen molar-refractivity contribution in [1.82, 2.24) is 0 Å². The quantitative estimate of drug-likeness (QED) is 0.501. The molecule has 2 radical (unpaired) electrons. The molecule has 5 heteroatoms. The lowest BCUT2D eigenvalue weighted by Gasteiger charge is -2.29. The zero-order valence-corrected chi connectivity index (χ0v) is 7.35. The molecule has 1 spiro atoms. The van der Waals surface area contributed by atoms with Crippen LogP contribution >= 0.6 is 0 Å². The molecule has 2 N–H and O–H groups in total. The van der Waals surface area contributed by atoms with Gasteiger partial charge >= 0.3 is 0 Å². The number of hydrogen-bond donors (Lipinski definition) is 2. The zero-order chi connectivity index (χ0) is 9.47. The highest BCUT2D eigenvalue weighted by Gasteiger charge is 2.55. The molecule has 2 aliphatic rings. The van der Waals surface area contributed by atoms with Crippen LogP contribution in [0.25, 0.3) is 0 Å². The molecule has 13 heavy (non-hydrogen) atoms. The maximum atomic E-state index is 9.82. The third-order valence-corrected chi connectivity index (χ3v) is 2.92. The van der Waals surface area contributed by atoms with Crippen molar-refractivity contribution in [3.8, 4) is 0 Å². The van der Waals surface area contributed by atoms with Crippen LogP contribution in [0.2, 0.25) is 0 Å². The van der Waals surface area contributed by atoms with E-state index in [1.54, 1.807) is 0 Å². The molecule has 2 rings (SSSR count). The second-order valence-electron chi connectivity index (χ2n) is 3.63. The first-order chi connectivity index (χ1) is 6.20. The van der Waals surface area contributed by atoms with E-state index in [1.807, 2.05) is 0 Å². The van der Waals surface area contributed by atoms with E-state index in [4.69, 9.17) is 22.4 Å². The molecule has 0 amide bonds. The largest absolute Gasteiger partial charge is 0.394 e. The Hall–Kier alpha value is -0.0951. The van der Waals surface area contributed by atoms with Gasteiger partial charge in [-0.2, -0.15) is 0 Å². The van der Waals surface area contributed by atoms with Crippen molar-refractivity contribution >= 4 is 7.85 Å². The highest BCUT2D eigenvalue weighted by atomic mass is 16.6. The predicted octanol–water partition coefficient (Wildman–Crippen LogP) is -1.22. The number of rotatable bonds is 1. The first-order valence-electron chi connectivity index (χ1n) is 4.54. The van der Waals surface area contributed by atoms with E-state index in [1.165, 1.54) is 0 Å². The van der Waals surface area contributed by atoms with Crippen LogP contribution in [0.15, 0.2) is 0 Å². The van der Waals surface area contributed by atoms with Gasteiger partial charge in [0.2, 0.25) is 0 Å². The maximum absolute atomic E-state index is 9.82. The molecule has 2 saturated heterocycles. The van der Waals surface area contributed by atoms with Crippen molar-refractivity contribution in [1.29, 1.82) is 0 Å². The third-order valence-electron chi connectivity index (χ3n) is 2.92. The van der Waals surface area contributed by atoms with E-state index >= 15 is 0 Å². The van der Waals surface area contributed by atoms with Crippen LogP contribution in [-0.2, 0) is 9.47 Å². The first kappa shape index (κ1) is 9.46. The van der Waals surface area contributed by atoms with Gasteiger partial charge in [0.1, 0.15) is 25.7 Å². The van der Waals surface area contributed by atoms with Gasteiger partial charge < -0.3 is 19.7 Å². The Morgan fingerprint density at radius 3 is 2.77 bits per heavy atom. The van der Waals surface area contributed by atoms with E-state index in [9.17, 15) is 5.11 Å². The molecule has 2 aliphatic heterocycles. The Labute approximate surface area is 78.2 Å². The standard InChI is InChI=1S/C8H13BO4/c9-7-8(2-1-3-12-8)6(11)5(4-10)13-7/h5-7,10-11H,1-4H2/t5?,6-,7?,8+/m1/s1. The maximum Gasteiger partial charge on any atom is 0.114 e. The van der Waals surface area contributed by atoms with Crippen LogP contribution in [0, 0.1) is 0 Å². The van der Waals surface area contributed by atoms with Crippen LogP contribution < -0.4 is 0 Å². The molecule has 0 aliphatic carbocycles. The summed E-state index contributed by atoms with van der Waals surface area (Å²) in [4.78, 5) is 0. The van der Waals surface area contributed by atoms with Gasteiger partial charge in [-0.1, -0.05) is 0 Å². The van der Waals surface area contributed by atoms with E-state index in [2.05, 4.69) is 0 Å². The fourth-order valence-electron chi connectivity index (χ4n) is 2.14. The molecule has 0 aromatic rings. The van der Waals surface area contributed by atoms with E-state index < -0.39 is 23.8 Å². The monoisotopic (exact) mass is 184 g/mol. The first-order valence-corrected chi connectivity index (χ1v) is 4.54. The summed E-state index contributed by atoms with van der Waals surface area (Å²) in [7, 11) is 5.71. The molecule has 2 fully saturated rings. The molecule has 2 unspecified atom stereocenters. The minimum Gasteiger partial charge on any atom is -0.394 e. The Morgan fingerprint density at radius 2 is 2.31 bits per heavy atom. The molecule has 72 valence electrons. The van der Waals surface area contributed by atoms with Crippen molar-refractivity contribution < 1.29 is 19.7 Å². The van der Waals surface area contributed by atoms with E-state index in [-0.39, 0.29) is 6.61 Å². The molecule has 2 heterocycles. The minimum absolute atomic E-state index is 0.222. The van der Waals surface area contributed by atoms with Crippen molar-refractivity contribution in [2.45, 2.75) is 36.7 Å². The van der Waals surface area contributed by atoms with Gasteiger partial charge in [-0.3, -0.25) is 0 Å². The molecule has 4 nitrogen and oxygen atoms in total. The van der Waals surface area contributed by atoms with Gasteiger partial charge in [0, 0.05) is 12.6 Å².